The minimum atomic E-state index is -0.486. The lowest BCUT2D eigenvalue weighted by Gasteiger charge is -2.21. The number of aliphatic imine (C=N–C) groups is 1. The predicted octanol–water partition coefficient (Wildman–Crippen LogP) is 2.72. The van der Waals surface area contributed by atoms with Gasteiger partial charge in [0.25, 0.3) is 0 Å². The molecule has 1 aromatic carbocycles. The second-order valence-electron chi connectivity index (χ2n) is 6.48. The summed E-state index contributed by atoms with van der Waals surface area (Å²) in [4.78, 5) is 16.4. The Kier molecular flexibility index (Phi) is 8.31. The number of carbonyl (C=O) groups excluding carboxylic acids is 1. The van der Waals surface area contributed by atoms with E-state index in [0.29, 0.717) is 25.6 Å². The molecule has 5 nitrogen and oxygen atoms in total. The van der Waals surface area contributed by atoms with Crippen molar-refractivity contribution in [1.29, 1.82) is 0 Å². The summed E-state index contributed by atoms with van der Waals surface area (Å²) in [7, 11) is 0. The number of halogens is 2. The number of hydrogen-bond acceptors (Lipinski definition) is 2. The highest BCUT2D eigenvalue weighted by Crippen LogP contribution is 2.23. The van der Waals surface area contributed by atoms with Gasteiger partial charge in [-0.15, -0.1) is 0 Å². The summed E-state index contributed by atoms with van der Waals surface area (Å²) in [6.45, 7) is 3.61. The SMILES string of the molecule is CCNC(=NCc1cc(F)ccc1F)NCCNC(=O)C1CCCCC1. The molecule has 0 saturated heterocycles. The van der Waals surface area contributed by atoms with E-state index in [2.05, 4.69) is 20.9 Å². The molecule has 0 heterocycles. The first-order valence-electron chi connectivity index (χ1n) is 9.34. The summed E-state index contributed by atoms with van der Waals surface area (Å²) < 4.78 is 26.9. The third-order valence-electron chi connectivity index (χ3n) is 4.45. The Balaban J connectivity index is 1.78. The highest BCUT2D eigenvalue weighted by atomic mass is 19.1. The predicted molar refractivity (Wildman–Crippen MR) is 98.8 cm³/mol. The van der Waals surface area contributed by atoms with Crippen LogP contribution in [0.25, 0.3) is 0 Å². The normalized spacial score (nSPS) is 15.6. The average molecular weight is 366 g/mol. The molecule has 1 fully saturated rings. The fraction of sp³-hybridized carbons (Fsp3) is 0.579. The van der Waals surface area contributed by atoms with Gasteiger partial charge in [0.2, 0.25) is 5.91 Å². The van der Waals surface area contributed by atoms with E-state index in [1.54, 1.807) is 0 Å². The lowest BCUT2D eigenvalue weighted by Crippen LogP contribution is -2.42. The van der Waals surface area contributed by atoms with Gasteiger partial charge < -0.3 is 16.0 Å². The molecular formula is C19H28F2N4O. The van der Waals surface area contributed by atoms with E-state index >= 15 is 0 Å². The van der Waals surface area contributed by atoms with E-state index in [0.717, 1.165) is 43.9 Å². The van der Waals surface area contributed by atoms with Crippen LogP contribution in [0.15, 0.2) is 23.2 Å². The maximum atomic E-state index is 13.7. The number of amides is 1. The number of nitrogens with zero attached hydrogens (tertiary/aromatic N) is 1. The molecular weight excluding hydrogens is 338 g/mol. The number of rotatable bonds is 7. The van der Waals surface area contributed by atoms with Crippen LogP contribution >= 0.6 is 0 Å². The van der Waals surface area contributed by atoms with Crippen molar-refractivity contribution in [3.8, 4) is 0 Å². The van der Waals surface area contributed by atoms with E-state index < -0.39 is 11.6 Å². The van der Waals surface area contributed by atoms with Crippen LogP contribution < -0.4 is 16.0 Å². The number of hydrogen-bond donors (Lipinski definition) is 3. The molecule has 3 N–H and O–H groups in total. The maximum absolute atomic E-state index is 13.7. The molecule has 1 aliphatic rings. The van der Waals surface area contributed by atoms with Crippen molar-refractivity contribution >= 4 is 11.9 Å². The lowest BCUT2D eigenvalue weighted by atomic mass is 9.89. The first-order chi connectivity index (χ1) is 12.6. The zero-order chi connectivity index (χ0) is 18.8. The Hall–Kier alpha value is -2.18. The summed E-state index contributed by atoms with van der Waals surface area (Å²) in [6, 6.07) is 3.33. The zero-order valence-electron chi connectivity index (χ0n) is 15.3. The fourth-order valence-corrected chi connectivity index (χ4v) is 3.05. The highest BCUT2D eigenvalue weighted by molar-refractivity contribution is 5.80. The Morgan fingerprint density at radius 3 is 2.58 bits per heavy atom. The quantitative estimate of drug-likeness (QED) is 0.395. The molecule has 1 saturated carbocycles. The molecule has 144 valence electrons. The van der Waals surface area contributed by atoms with Gasteiger partial charge in [-0.25, -0.2) is 13.8 Å². The molecule has 1 aliphatic carbocycles. The third kappa shape index (κ3) is 6.61. The molecule has 0 radical (unpaired) electrons. The second kappa shape index (κ2) is 10.7. The Bertz CT molecular complexity index is 616. The number of carbonyl (C=O) groups is 1. The first-order valence-corrected chi connectivity index (χ1v) is 9.34. The van der Waals surface area contributed by atoms with Crippen LogP contribution in [0.1, 0.15) is 44.6 Å². The van der Waals surface area contributed by atoms with Crippen molar-refractivity contribution in [2.75, 3.05) is 19.6 Å². The van der Waals surface area contributed by atoms with E-state index in [-0.39, 0.29) is 23.9 Å². The Morgan fingerprint density at radius 2 is 1.85 bits per heavy atom. The first kappa shape index (κ1) is 20.1. The number of nitrogens with one attached hydrogen (secondary N) is 3. The van der Waals surface area contributed by atoms with Crippen LogP contribution in [-0.4, -0.2) is 31.5 Å². The molecule has 1 aromatic rings. The topological polar surface area (TPSA) is 65.5 Å². The smallest absolute Gasteiger partial charge is 0.223 e. The summed E-state index contributed by atoms with van der Waals surface area (Å²) in [5, 5.41) is 9.09. The summed E-state index contributed by atoms with van der Waals surface area (Å²) >= 11 is 0. The van der Waals surface area contributed by atoms with Gasteiger partial charge >= 0.3 is 0 Å². The van der Waals surface area contributed by atoms with Crippen molar-refractivity contribution in [3.05, 3.63) is 35.4 Å². The Labute approximate surface area is 153 Å². The van der Waals surface area contributed by atoms with Crippen molar-refractivity contribution in [2.45, 2.75) is 45.6 Å². The van der Waals surface area contributed by atoms with Gasteiger partial charge in [-0.1, -0.05) is 19.3 Å². The molecule has 1 amide bonds. The molecule has 0 spiro atoms. The minimum Gasteiger partial charge on any atom is -0.357 e. The van der Waals surface area contributed by atoms with E-state index in [4.69, 9.17) is 0 Å². The monoisotopic (exact) mass is 366 g/mol. The average Bonchev–Trinajstić information content (AvgIpc) is 2.66. The molecule has 0 bridgehead atoms. The number of benzene rings is 1. The molecule has 7 heteroatoms. The number of guanidine groups is 1. The Morgan fingerprint density at radius 1 is 1.12 bits per heavy atom. The van der Waals surface area contributed by atoms with Gasteiger partial charge in [-0.2, -0.15) is 0 Å². The van der Waals surface area contributed by atoms with Crippen LogP contribution in [0.5, 0.6) is 0 Å². The van der Waals surface area contributed by atoms with Crippen molar-refractivity contribution in [1.82, 2.24) is 16.0 Å². The second-order valence-corrected chi connectivity index (χ2v) is 6.48. The highest BCUT2D eigenvalue weighted by Gasteiger charge is 2.20. The van der Waals surface area contributed by atoms with Gasteiger partial charge in [-0.05, 0) is 38.0 Å². The van der Waals surface area contributed by atoms with Crippen LogP contribution in [0, 0.1) is 17.6 Å². The molecule has 26 heavy (non-hydrogen) atoms. The molecule has 0 aromatic heterocycles. The van der Waals surface area contributed by atoms with Gasteiger partial charge in [0, 0.05) is 31.1 Å². The molecule has 2 rings (SSSR count). The minimum absolute atomic E-state index is 0.0351. The van der Waals surface area contributed by atoms with Crippen LogP contribution in [0.4, 0.5) is 8.78 Å². The zero-order valence-corrected chi connectivity index (χ0v) is 15.3. The summed E-state index contributed by atoms with van der Waals surface area (Å²) in [5.74, 6) is -0.203. The van der Waals surface area contributed by atoms with Gasteiger partial charge in [0.05, 0.1) is 6.54 Å². The van der Waals surface area contributed by atoms with Gasteiger partial charge in [0.1, 0.15) is 11.6 Å². The van der Waals surface area contributed by atoms with E-state index in [9.17, 15) is 13.6 Å². The van der Waals surface area contributed by atoms with Crippen molar-refractivity contribution in [3.63, 3.8) is 0 Å². The fourth-order valence-electron chi connectivity index (χ4n) is 3.05. The molecule has 0 unspecified atom stereocenters. The lowest BCUT2D eigenvalue weighted by molar-refractivity contribution is -0.125. The summed E-state index contributed by atoms with van der Waals surface area (Å²) in [5.41, 5.74) is 0.202. The largest absolute Gasteiger partial charge is 0.357 e. The van der Waals surface area contributed by atoms with Gasteiger partial charge in [0.15, 0.2) is 5.96 Å². The maximum Gasteiger partial charge on any atom is 0.223 e. The third-order valence-corrected chi connectivity index (χ3v) is 4.45. The van der Waals surface area contributed by atoms with E-state index in [1.165, 1.54) is 6.42 Å². The molecule has 0 atom stereocenters. The van der Waals surface area contributed by atoms with E-state index in [1.807, 2.05) is 6.92 Å². The van der Waals surface area contributed by atoms with Crippen LogP contribution in [0.3, 0.4) is 0 Å². The van der Waals surface area contributed by atoms with Crippen LogP contribution in [-0.2, 0) is 11.3 Å². The van der Waals surface area contributed by atoms with Crippen molar-refractivity contribution < 1.29 is 13.6 Å². The summed E-state index contributed by atoms with van der Waals surface area (Å²) in [6.07, 6.45) is 5.43. The molecule has 0 aliphatic heterocycles. The van der Waals surface area contributed by atoms with Crippen molar-refractivity contribution in [2.24, 2.45) is 10.9 Å². The van der Waals surface area contributed by atoms with Gasteiger partial charge in [-0.3, -0.25) is 4.79 Å². The standard InChI is InChI=1S/C19H28F2N4O/c1-2-22-19(25-13-15-12-16(20)8-9-17(15)21)24-11-10-23-18(26)14-6-4-3-5-7-14/h8-9,12,14H,2-7,10-11,13H2,1H3,(H,23,26)(H2,22,24,25). The van der Waals surface area contributed by atoms with Crippen LogP contribution in [0.2, 0.25) is 0 Å².